The summed E-state index contributed by atoms with van der Waals surface area (Å²) in [4.78, 5) is 5.19. The third-order valence-corrected chi connectivity index (χ3v) is 11.6. The zero-order valence-electron chi connectivity index (χ0n) is 27.6. The van der Waals surface area contributed by atoms with Crippen molar-refractivity contribution in [1.29, 1.82) is 0 Å². The van der Waals surface area contributed by atoms with Gasteiger partial charge in [0.1, 0.15) is 0 Å². The molecule has 40 heavy (non-hydrogen) atoms. The minimum atomic E-state index is 0.482. The molecule has 0 aromatic carbocycles. The number of nitrogens with two attached hydrogens (primary N) is 1. The highest BCUT2D eigenvalue weighted by atomic mass is 14.9. The van der Waals surface area contributed by atoms with Gasteiger partial charge < -0.3 is 16.4 Å². The lowest BCUT2D eigenvalue weighted by Gasteiger charge is -2.45. The molecule has 5 fully saturated rings. The summed E-state index contributed by atoms with van der Waals surface area (Å²) in [6.45, 7) is 24.0. The average molecular weight is 555 g/mol. The predicted molar refractivity (Wildman–Crippen MR) is 178 cm³/mol. The molecular formula is C36H66N4. The van der Waals surface area contributed by atoms with Gasteiger partial charge in [-0.3, -0.25) is 4.99 Å². The third-order valence-electron chi connectivity index (χ3n) is 11.6. The molecule has 4 aliphatic carbocycles. The van der Waals surface area contributed by atoms with Crippen molar-refractivity contribution in [3.8, 4) is 0 Å². The van der Waals surface area contributed by atoms with E-state index in [1.165, 1.54) is 96.4 Å². The summed E-state index contributed by atoms with van der Waals surface area (Å²) in [5.74, 6) is 2.61. The molecule has 7 unspecified atom stereocenters. The SMILES string of the molecule is C=C.C=C/C=C1/CCC23C4CCC(C(C)=NCCCC5CCCN5)C4(C)CCC2C13CCC.CN.CNC(C)C. The van der Waals surface area contributed by atoms with E-state index in [2.05, 4.69) is 82.9 Å². The topological polar surface area (TPSA) is 62.4 Å². The van der Waals surface area contributed by atoms with E-state index in [0.717, 1.165) is 30.3 Å². The second-order valence-corrected chi connectivity index (χ2v) is 13.4. The highest BCUT2D eigenvalue weighted by Gasteiger charge is 2.84. The number of allylic oxidation sites excluding steroid dienone is 3. The van der Waals surface area contributed by atoms with E-state index < -0.39 is 0 Å². The highest BCUT2D eigenvalue weighted by Crippen LogP contribution is 2.90. The van der Waals surface area contributed by atoms with E-state index in [-0.39, 0.29) is 0 Å². The second kappa shape index (κ2) is 15.8. The van der Waals surface area contributed by atoms with Gasteiger partial charge in [-0.1, -0.05) is 58.4 Å². The van der Waals surface area contributed by atoms with Crippen LogP contribution in [0.5, 0.6) is 0 Å². The lowest BCUT2D eigenvalue weighted by Crippen LogP contribution is -2.40. The Labute approximate surface area is 249 Å². The Morgan fingerprint density at radius 3 is 2.42 bits per heavy atom. The molecule has 0 amide bonds. The van der Waals surface area contributed by atoms with Crippen molar-refractivity contribution >= 4 is 5.71 Å². The molecule has 5 aliphatic rings. The quantitative estimate of drug-likeness (QED) is 0.153. The van der Waals surface area contributed by atoms with Crippen LogP contribution in [-0.2, 0) is 0 Å². The molecule has 0 aromatic heterocycles. The molecule has 1 aliphatic heterocycles. The number of nitrogens with zero attached hydrogens (tertiary/aromatic N) is 1. The number of nitrogens with one attached hydrogen (secondary N) is 2. The van der Waals surface area contributed by atoms with Crippen molar-refractivity contribution in [3.63, 3.8) is 0 Å². The average Bonchev–Trinajstić information content (AvgIpc) is 3.42. The molecule has 0 radical (unpaired) electrons. The molecule has 230 valence electrons. The van der Waals surface area contributed by atoms with Gasteiger partial charge in [-0.15, -0.1) is 13.2 Å². The van der Waals surface area contributed by atoms with E-state index in [9.17, 15) is 0 Å². The zero-order valence-corrected chi connectivity index (χ0v) is 27.6. The standard InChI is InChI=1S/C29H46N2.C4H11N.C2H4.CH5N/c1-5-9-22-14-18-29-25-13-12-24(21(3)30-19-7-10-23-11-8-20-31-23)27(25,4)17-15-26(29)28(22,29)16-6-2;1-4(2)5-3;2*1-2/h5,9,23-26,31H,1,6-8,10-20H2,2-4H3;4-5H,1-3H3;1-2H2;2H2,1H3/b22-9-,30-21?;;;. The normalized spacial score (nSPS) is 38.1. The smallest absolute Gasteiger partial charge is 0.0389 e. The van der Waals surface area contributed by atoms with Crippen LogP contribution in [0.4, 0.5) is 0 Å². The van der Waals surface area contributed by atoms with Gasteiger partial charge in [0.25, 0.3) is 0 Å². The van der Waals surface area contributed by atoms with Gasteiger partial charge in [0.05, 0.1) is 0 Å². The first-order chi connectivity index (χ1) is 19.3. The molecule has 1 spiro atoms. The van der Waals surface area contributed by atoms with Gasteiger partial charge in [-0.25, -0.2) is 0 Å². The molecule has 4 nitrogen and oxygen atoms in total. The molecule has 1 saturated heterocycles. The Kier molecular flexibility index (Phi) is 13.9. The monoisotopic (exact) mass is 555 g/mol. The number of hydrogen-bond acceptors (Lipinski definition) is 4. The van der Waals surface area contributed by atoms with Gasteiger partial charge in [0, 0.05) is 35.7 Å². The Bertz CT molecular complexity index is 840. The van der Waals surface area contributed by atoms with Crippen LogP contribution >= 0.6 is 0 Å². The highest BCUT2D eigenvalue weighted by molar-refractivity contribution is 5.85. The van der Waals surface area contributed by atoms with Crippen molar-refractivity contribution in [2.24, 2.45) is 44.7 Å². The number of hydrogen-bond donors (Lipinski definition) is 3. The van der Waals surface area contributed by atoms with E-state index in [0.29, 0.717) is 22.3 Å². The maximum Gasteiger partial charge on any atom is 0.0389 e. The van der Waals surface area contributed by atoms with E-state index >= 15 is 0 Å². The number of aliphatic imine (C=N–C) groups is 1. The first kappa shape index (κ1) is 35.0. The van der Waals surface area contributed by atoms with Crippen LogP contribution in [0, 0.1) is 34.0 Å². The van der Waals surface area contributed by atoms with Crippen LogP contribution in [0.15, 0.2) is 42.5 Å². The molecular weight excluding hydrogens is 488 g/mol. The number of rotatable bonds is 9. The molecule has 7 atom stereocenters. The van der Waals surface area contributed by atoms with Crippen LogP contribution < -0.4 is 16.4 Å². The molecule has 1 heterocycles. The molecule has 4 N–H and O–H groups in total. The summed E-state index contributed by atoms with van der Waals surface area (Å²) in [6.07, 6.45) is 21.0. The largest absolute Gasteiger partial charge is 0.333 e. The van der Waals surface area contributed by atoms with E-state index in [1.54, 1.807) is 5.57 Å². The molecule has 0 aromatic rings. The molecule has 4 heteroatoms. The van der Waals surface area contributed by atoms with Gasteiger partial charge in [0.15, 0.2) is 0 Å². The van der Waals surface area contributed by atoms with E-state index in [4.69, 9.17) is 4.99 Å². The second-order valence-electron chi connectivity index (χ2n) is 13.4. The Morgan fingerprint density at radius 2 is 1.85 bits per heavy atom. The summed E-state index contributed by atoms with van der Waals surface area (Å²) >= 11 is 0. The van der Waals surface area contributed by atoms with Crippen LogP contribution in [0.2, 0.25) is 0 Å². The maximum atomic E-state index is 5.19. The van der Waals surface area contributed by atoms with Crippen molar-refractivity contribution in [3.05, 3.63) is 37.5 Å². The van der Waals surface area contributed by atoms with Crippen LogP contribution in [0.25, 0.3) is 0 Å². The fourth-order valence-corrected chi connectivity index (χ4v) is 10.0. The van der Waals surface area contributed by atoms with Crippen LogP contribution in [-0.4, -0.2) is 45.0 Å². The van der Waals surface area contributed by atoms with Crippen molar-refractivity contribution in [1.82, 2.24) is 10.6 Å². The summed E-state index contributed by atoms with van der Waals surface area (Å²) in [5.41, 5.74) is 9.39. The fourth-order valence-electron chi connectivity index (χ4n) is 10.0. The summed E-state index contributed by atoms with van der Waals surface area (Å²) < 4.78 is 0. The maximum absolute atomic E-state index is 5.19. The molecule has 0 bridgehead atoms. The van der Waals surface area contributed by atoms with Crippen LogP contribution in [0.3, 0.4) is 0 Å². The zero-order chi connectivity index (χ0) is 30.0. The summed E-state index contributed by atoms with van der Waals surface area (Å²) in [5, 5.41) is 6.67. The summed E-state index contributed by atoms with van der Waals surface area (Å²) in [6, 6.07) is 1.40. The van der Waals surface area contributed by atoms with Crippen molar-refractivity contribution < 1.29 is 0 Å². The third kappa shape index (κ3) is 6.40. The Hall–Kier alpha value is -1.23. The van der Waals surface area contributed by atoms with Crippen molar-refractivity contribution in [2.45, 2.75) is 124 Å². The Morgan fingerprint density at radius 1 is 1.15 bits per heavy atom. The van der Waals surface area contributed by atoms with E-state index in [1.807, 2.05) is 7.05 Å². The van der Waals surface area contributed by atoms with Crippen molar-refractivity contribution in [2.75, 3.05) is 27.2 Å². The summed E-state index contributed by atoms with van der Waals surface area (Å²) in [7, 11) is 3.45. The predicted octanol–water partition coefficient (Wildman–Crippen LogP) is 8.11. The first-order valence-electron chi connectivity index (χ1n) is 16.6. The Balaban J connectivity index is 0.000000554. The molecule has 4 saturated carbocycles. The van der Waals surface area contributed by atoms with Gasteiger partial charge in [-0.2, -0.15) is 0 Å². The minimum Gasteiger partial charge on any atom is -0.333 e. The fraction of sp³-hybridized carbons (Fsp3) is 0.806. The lowest BCUT2D eigenvalue weighted by atomic mass is 9.59. The first-order valence-corrected chi connectivity index (χ1v) is 16.6. The molecule has 5 rings (SSSR count). The van der Waals surface area contributed by atoms with Crippen LogP contribution in [0.1, 0.15) is 112 Å². The van der Waals surface area contributed by atoms with Gasteiger partial charge in [0.2, 0.25) is 0 Å². The lowest BCUT2D eigenvalue weighted by molar-refractivity contribution is 0.0525. The van der Waals surface area contributed by atoms with Gasteiger partial charge >= 0.3 is 0 Å². The van der Waals surface area contributed by atoms with Gasteiger partial charge in [-0.05, 0) is 121 Å². The number of fused-ring (bicyclic) bond motifs is 2. The minimum absolute atomic E-state index is 0.482.